The van der Waals surface area contributed by atoms with Gasteiger partial charge in [0, 0.05) is 38.5 Å². The molecular weight excluding hydrogens is 206 g/mol. The van der Waals surface area contributed by atoms with Crippen molar-refractivity contribution in [2.45, 2.75) is 19.8 Å². The number of rotatable bonds is 7. The smallest absolute Gasteiger partial charge is 0.246 e. The van der Waals surface area contributed by atoms with Crippen LogP contribution in [-0.2, 0) is 23.0 Å². The molecule has 90 valence electrons. The molecule has 1 aromatic rings. The van der Waals surface area contributed by atoms with E-state index in [1.54, 1.807) is 10.9 Å². The molecule has 0 saturated carbocycles. The molecule has 1 rings (SSSR count). The third-order valence-electron chi connectivity index (χ3n) is 2.21. The summed E-state index contributed by atoms with van der Waals surface area (Å²) in [4.78, 5) is 11.3. The molecule has 0 fully saturated rings. The van der Waals surface area contributed by atoms with Gasteiger partial charge in [0.1, 0.15) is 6.61 Å². The van der Waals surface area contributed by atoms with Crippen LogP contribution in [-0.4, -0.2) is 35.4 Å². The molecule has 5 nitrogen and oxygen atoms in total. The van der Waals surface area contributed by atoms with E-state index in [0.29, 0.717) is 13.2 Å². The van der Waals surface area contributed by atoms with Crippen LogP contribution in [0.25, 0.3) is 0 Å². The lowest BCUT2D eigenvalue weighted by molar-refractivity contribution is -0.125. The van der Waals surface area contributed by atoms with E-state index in [1.165, 1.54) is 0 Å². The largest absolute Gasteiger partial charge is 0.372 e. The molecule has 1 heterocycles. The van der Waals surface area contributed by atoms with Gasteiger partial charge in [-0.2, -0.15) is 5.10 Å². The topological polar surface area (TPSA) is 56.1 Å². The van der Waals surface area contributed by atoms with Gasteiger partial charge in [-0.25, -0.2) is 0 Å². The zero-order valence-corrected chi connectivity index (χ0v) is 9.90. The number of aromatic nitrogens is 2. The molecule has 0 aliphatic heterocycles. The molecule has 1 aromatic heterocycles. The first-order valence-corrected chi connectivity index (χ1v) is 5.55. The number of nitrogens with one attached hydrogen (secondary N) is 1. The third-order valence-corrected chi connectivity index (χ3v) is 2.21. The molecule has 0 spiro atoms. The summed E-state index contributed by atoms with van der Waals surface area (Å²) in [5, 5.41) is 6.86. The van der Waals surface area contributed by atoms with Gasteiger partial charge in [-0.15, -0.1) is 0 Å². The first-order valence-electron chi connectivity index (χ1n) is 5.55. The SMILES string of the molecule is CCCOCC(=O)NCCc1ccnn1C. The molecule has 16 heavy (non-hydrogen) atoms. The molecule has 0 radical (unpaired) electrons. The molecule has 5 heteroatoms. The molecule has 0 bridgehead atoms. The minimum Gasteiger partial charge on any atom is -0.372 e. The summed E-state index contributed by atoms with van der Waals surface area (Å²) in [5.74, 6) is -0.0596. The lowest BCUT2D eigenvalue weighted by Gasteiger charge is -2.05. The molecule has 0 aliphatic rings. The Morgan fingerprint density at radius 3 is 3.06 bits per heavy atom. The summed E-state index contributed by atoms with van der Waals surface area (Å²) >= 11 is 0. The van der Waals surface area contributed by atoms with Crippen LogP contribution in [0.3, 0.4) is 0 Å². The van der Waals surface area contributed by atoms with Crippen molar-refractivity contribution < 1.29 is 9.53 Å². The molecule has 0 aliphatic carbocycles. The summed E-state index contributed by atoms with van der Waals surface area (Å²) in [6.07, 6.45) is 3.47. The summed E-state index contributed by atoms with van der Waals surface area (Å²) < 4.78 is 6.93. The highest BCUT2D eigenvalue weighted by molar-refractivity contribution is 5.77. The Labute approximate surface area is 95.8 Å². The maximum atomic E-state index is 11.3. The van der Waals surface area contributed by atoms with Gasteiger partial charge in [-0.1, -0.05) is 6.92 Å². The zero-order valence-electron chi connectivity index (χ0n) is 9.90. The average molecular weight is 225 g/mol. The van der Waals surface area contributed by atoms with Crippen molar-refractivity contribution in [1.82, 2.24) is 15.1 Å². The van der Waals surface area contributed by atoms with Crippen LogP contribution in [0.2, 0.25) is 0 Å². The van der Waals surface area contributed by atoms with E-state index in [9.17, 15) is 4.79 Å². The van der Waals surface area contributed by atoms with E-state index < -0.39 is 0 Å². The fourth-order valence-electron chi connectivity index (χ4n) is 1.34. The Morgan fingerprint density at radius 2 is 2.44 bits per heavy atom. The van der Waals surface area contributed by atoms with Crippen molar-refractivity contribution in [1.29, 1.82) is 0 Å². The van der Waals surface area contributed by atoms with Gasteiger partial charge < -0.3 is 10.1 Å². The second-order valence-corrected chi connectivity index (χ2v) is 3.60. The standard InChI is InChI=1S/C11H19N3O2/c1-3-8-16-9-11(15)12-6-4-10-5-7-13-14(10)2/h5,7H,3-4,6,8-9H2,1-2H3,(H,12,15). The number of hydrogen-bond acceptors (Lipinski definition) is 3. The highest BCUT2D eigenvalue weighted by Crippen LogP contribution is 1.95. The zero-order chi connectivity index (χ0) is 11.8. The molecule has 1 N–H and O–H groups in total. The number of hydrogen-bond donors (Lipinski definition) is 1. The Balaban J connectivity index is 2.11. The predicted molar refractivity (Wildman–Crippen MR) is 61.0 cm³/mol. The van der Waals surface area contributed by atoms with Crippen molar-refractivity contribution in [3.63, 3.8) is 0 Å². The number of amides is 1. The highest BCUT2D eigenvalue weighted by atomic mass is 16.5. The Hall–Kier alpha value is -1.36. The molecule has 1 amide bonds. The molecule has 0 aromatic carbocycles. The predicted octanol–water partition coefficient (Wildman–Crippen LogP) is 0.505. The Bertz CT molecular complexity index is 323. The fourth-order valence-corrected chi connectivity index (χ4v) is 1.34. The maximum absolute atomic E-state index is 11.3. The summed E-state index contributed by atoms with van der Waals surface area (Å²) in [5.41, 5.74) is 1.11. The van der Waals surface area contributed by atoms with Crippen LogP contribution in [0.5, 0.6) is 0 Å². The van der Waals surface area contributed by atoms with Crippen molar-refractivity contribution in [2.75, 3.05) is 19.8 Å². The van der Waals surface area contributed by atoms with Gasteiger partial charge >= 0.3 is 0 Å². The lowest BCUT2D eigenvalue weighted by Crippen LogP contribution is -2.29. The summed E-state index contributed by atoms with van der Waals surface area (Å²) in [6.45, 7) is 3.42. The monoisotopic (exact) mass is 225 g/mol. The van der Waals surface area contributed by atoms with E-state index in [2.05, 4.69) is 10.4 Å². The maximum Gasteiger partial charge on any atom is 0.246 e. The lowest BCUT2D eigenvalue weighted by atomic mass is 10.3. The highest BCUT2D eigenvalue weighted by Gasteiger charge is 2.02. The van der Waals surface area contributed by atoms with Gasteiger partial charge in [0.2, 0.25) is 5.91 Å². The summed E-state index contributed by atoms with van der Waals surface area (Å²) in [7, 11) is 1.89. The fraction of sp³-hybridized carbons (Fsp3) is 0.636. The average Bonchev–Trinajstić information content (AvgIpc) is 2.65. The van der Waals surface area contributed by atoms with Gasteiger partial charge in [0.05, 0.1) is 0 Å². The van der Waals surface area contributed by atoms with E-state index in [1.807, 2.05) is 20.0 Å². The van der Waals surface area contributed by atoms with Crippen LogP contribution in [0.1, 0.15) is 19.0 Å². The van der Waals surface area contributed by atoms with Gasteiger partial charge in [-0.05, 0) is 12.5 Å². The number of carbonyl (C=O) groups is 1. The van der Waals surface area contributed by atoms with Crippen LogP contribution < -0.4 is 5.32 Å². The minimum atomic E-state index is -0.0596. The number of ether oxygens (including phenoxy) is 1. The van der Waals surface area contributed by atoms with E-state index in [4.69, 9.17) is 4.74 Å². The van der Waals surface area contributed by atoms with Crippen molar-refractivity contribution in [3.8, 4) is 0 Å². The van der Waals surface area contributed by atoms with Crippen molar-refractivity contribution >= 4 is 5.91 Å². The van der Waals surface area contributed by atoms with E-state index >= 15 is 0 Å². The molecule has 0 atom stereocenters. The van der Waals surface area contributed by atoms with Crippen molar-refractivity contribution in [2.24, 2.45) is 7.05 Å². The first-order chi connectivity index (χ1) is 7.74. The third kappa shape index (κ3) is 4.44. The number of nitrogens with zero attached hydrogens (tertiary/aromatic N) is 2. The Kier molecular flexibility index (Phi) is 5.56. The van der Waals surface area contributed by atoms with Crippen LogP contribution in [0.4, 0.5) is 0 Å². The van der Waals surface area contributed by atoms with Gasteiger partial charge in [0.15, 0.2) is 0 Å². The quantitative estimate of drug-likeness (QED) is 0.688. The molecule has 0 saturated heterocycles. The second-order valence-electron chi connectivity index (χ2n) is 3.60. The van der Waals surface area contributed by atoms with Crippen LogP contribution in [0, 0.1) is 0 Å². The molecular formula is C11H19N3O2. The number of aryl methyl sites for hydroxylation is 1. The second kappa shape index (κ2) is 7.00. The van der Waals surface area contributed by atoms with Crippen molar-refractivity contribution in [3.05, 3.63) is 18.0 Å². The van der Waals surface area contributed by atoms with E-state index in [-0.39, 0.29) is 12.5 Å². The minimum absolute atomic E-state index is 0.0596. The van der Waals surface area contributed by atoms with Crippen LogP contribution >= 0.6 is 0 Å². The van der Waals surface area contributed by atoms with Crippen LogP contribution in [0.15, 0.2) is 12.3 Å². The molecule has 0 unspecified atom stereocenters. The first kappa shape index (κ1) is 12.7. The summed E-state index contributed by atoms with van der Waals surface area (Å²) in [6, 6.07) is 1.94. The van der Waals surface area contributed by atoms with E-state index in [0.717, 1.165) is 18.5 Å². The van der Waals surface area contributed by atoms with Gasteiger partial charge in [0.25, 0.3) is 0 Å². The normalized spacial score (nSPS) is 10.4. The number of carbonyl (C=O) groups excluding carboxylic acids is 1. The van der Waals surface area contributed by atoms with Gasteiger partial charge in [-0.3, -0.25) is 9.48 Å². The Morgan fingerprint density at radius 1 is 1.62 bits per heavy atom.